The minimum absolute atomic E-state index is 0.0123. The van der Waals surface area contributed by atoms with E-state index >= 15 is 0 Å². The minimum atomic E-state index is 0.0123. The molecule has 1 aliphatic heterocycles. The van der Waals surface area contributed by atoms with Crippen LogP contribution in [0.1, 0.15) is 67.6 Å². The lowest BCUT2D eigenvalue weighted by molar-refractivity contribution is -0.128. The van der Waals surface area contributed by atoms with Gasteiger partial charge >= 0.3 is 0 Å². The van der Waals surface area contributed by atoms with Gasteiger partial charge in [-0.05, 0) is 18.9 Å². The zero-order valence-corrected chi connectivity index (χ0v) is 15.2. The van der Waals surface area contributed by atoms with Crippen molar-refractivity contribution in [1.29, 1.82) is 0 Å². The number of rotatable bonds is 5. The van der Waals surface area contributed by atoms with E-state index in [1.54, 1.807) is 7.11 Å². The van der Waals surface area contributed by atoms with Gasteiger partial charge in [-0.1, -0.05) is 42.6 Å². The van der Waals surface area contributed by atoms with Crippen LogP contribution in [0.5, 0.6) is 5.75 Å². The molecule has 2 heterocycles. The number of aromatic nitrogens is 2. The van der Waals surface area contributed by atoms with E-state index in [4.69, 9.17) is 9.26 Å². The molecule has 0 N–H and O–H groups in total. The molecule has 1 aromatic heterocycles. The molecule has 1 unspecified atom stereocenters. The molecular formula is C20H25N3O3. The number of hydrogen-bond donors (Lipinski definition) is 0. The molecule has 1 saturated carbocycles. The average molecular weight is 355 g/mol. The summed E-state index contributed by atoms with van der Waals surface area (Å²) in [5.74, 6) is 2.79. The molecular weight excluding hydrogens is 330 g/mol. The maximum Gasteiger partial charge on any atom is 0.229 e. The largest absolute Gasteiger partial charge is 0.496 e. The number of ether oxygens (including phenoxy) is 1. The van der Waals surface area contributed by atoms with Crippen molar-refractivity contribution in [3.05, 3.63) is 41.5 Å². The van der Waals surface area contributed by atoms with E-state index in [-0.39, 0.29) is 11.8 Å². The van der Waals surface area contributed by atoms with Crippen LogP contribution < -0.4 is 4.74 Å². The second kappa shape index (κ2) is 7.48. The summed E-state index contributed by atoms with van der Waals surface area (Å²) >= 11 is 0. The Morgan fingerprint density at radius 1 is 1.19 bits per heavy atom. The molecule has 1 aliphatic carbocycles. The van der Waals surface area contributed by atoms with Gasteiger partial charge in [-0.2, -0.15) is 4.98 Å². The summed E-state index contributed by atoms with van der Waals surface area (Å²) < 4.78 is 10.9. The van der Waals surface area contributed by atoms with E-state index in [0.29, 0.717) is 31.3 Å². The molecule has 4 rings (SSSR count). The number of likely N-dealkylation sites (tertiary alicyclic amines) is 1. The predicted molar refractivity (Wildman–Crippen MR) is 95.9 cm³/mol. The predicted octanol–water partition coefficient (Wildman–Crippen LogP) is 3.64. The average Bonchev–Trinajstić information content (AvgIpc) is 3.30. The topological polar surface area (TPSA) is 68.5 Å². The van der Waals surface area contributed by atoms with E-state index in [0.717, 1.165) is 30.0 Å². The van der Waals surface area contributed by atoms with Crippen molar-refractivity contribution >= 4 is 5.91 Å². The molecule has 2 aliphatic rings. The third-order valence-electron chi connectivity index (χ3n) is 5.55. The molecule has 1 aromatic carbocycles. The first-order chi connectivity index (χ1) is 12.7. The second-order valence-corrected chi connectivity index (χ2v) is 7.31. The summed E-state index contributed by atoms with van der Waals surface area (Å²) in [6, 6.07) is 7.81. The Labute approximate surface area is 153 Å². The lowest BCUT2D eigenvalue weighted by Crippen LogP contribution is -2.24. The molecule has 0 radical (unpaired) electrons. The van der Waals surface area contributed by atoms with Gasteiger partial charge in [0.1, 0.15) is 5.75 Å². The number of methoxy groups -OCH3 is 1. The van der Waals surface area contributed by atoms with Gasteiger partial charge in [0.2, 0.25) is 11.8 Å². The van der Waals surface area contributed by atoms with Crippen molar-refractivity contribution in [2.24, 2.45) is 0 Å². The van der Waals surface area contributed by atoms with E-state index < -0.39 is 0 Å². The SMILES string of the molecule is COc1ccccc1CN1CC(c2noc(C3CCCCC3)n2)CC1=O. The van der Waals surface area contributed by atoms with Gasteiger partial charge < -0.3 is 14.2 Å². The van der Waals surface area contributed by atoms with Crippen LogP contribution >= 0.6 is 0 Å². The number of amides is 1. The summed E-state index contributed by atoms with van der Waals surface area (Å²) in [5.41, 5.74) is 1.01. The summed E-state index contributed by atoms with van der Waals surface area (Å²) in [4.78, 5) is 19.0. The minimum Gasteiger partial charge on any atom is -0.496 e. The zero-order chi connectivity index (χ0) is 17.9. The van der Waals surface area contributed by atoms with Crippen molar-refractivity contribution < 1.29 is 14.1 Å². The Morgan fingerprint density at radius 3 is 2.81 bits per heavy atom. The van der Waals surface area contributed by atoms with Crippen molar-refractivity contribution in [1.82, 2.24) is 15.0 Å². The number of para-hydroxylation sites is 1. The molecule has 138 valence electrons. The van der Waals surface area contributed by atoms with Crippen molar-refractivity contribution in [2.45, 2.75) is 56.9 Å². The van der Waals surface area contributed by atoms with Crippen LogP contribution in [0.15, 0.2) is 28.8 Å². The zero-order valence-electron chi connectivity index (χ0n) is 15.2. The van der Waals surface area contributed by atoms with Crippen LogP contribution in [0.25, 0.3) is 0 Å². The van der Waals surface area contributed by atoms with E-state index in [1.807, 2.05) is 29.2 Å². The highest BCUT2D eigenvalue weighted by atomic mass is 16.5. The van der Waals surface area contributed by atoms with Gasteiger partial charge in [0.05, 0.1) is 7.11 Å². The monoisotopic (exact) mass is 355 g/mol. The standard InChI is InChI=1S/C20H25N3O3/c1-25-17-10-6-5-9-15(17)12-23-13-16(11-18(23)24)19-21-20(26-22-19)14-7-3-2-4-8-14/h5-6,9-10,14,16H,2-4,7-8,11-13H2,1H3. The Balaban J connectivity index is 1.43. The van der Waals surface area contributed by atoms with Crippen molar-refractivity contribution in [3.8, 4) is 5.75 Å². The van der Waals surface area contributed by atoms with Gasteiger partial charge in [-0.15, -0.1) is 0 Å². The third kappa shape index (κ3) is 3.45. The molecule has 2 fully saturated rings. The smallest absolute Gasteiger partial charge is 0.229 e. The van der Waals surface area contributed by atoms with E-state index in [2.05, 4.69) is 10.1 Å². The summed E-state index contributed by atoms with van der Waals surface area (Å²) in [7, 11) is 1.65. The first-order valence-electron chi connectivity index (χ1n) is 9.47. The number of carbonyl (C=O) groups excluding carboxylic acids is 1. The van der Waals surface area contributed by atoms with Gasteiger partial charge in [-0.25, -0.2) is 0 Å². The normalized spacial score (nSPS) is 21.3. The quantitative estimate of drug-likeness (QED) is 0.819. The van der Waals surface area contributed by atoms with Crippen LogP contribution in [-0.4, -0.2) is 34.6 Å². The first-order valence-corrected chi connectivity index (χ1v) is 9.47. The molecule has 2 aromatic rings. The molecule has 6 heteroatoms. The Hall–Kier alpha value is -2.37. The number of nitrogens with zero attached hydrogens (tertiary/aromatic N) is 3. The Kier molecular flexibility index (Phi) is 4.91. The van der Waals surface area contributed by atoms with Gasteiger partial charge in [0.25, 0.3) is 0 Å². The molecule has 26 heavy (non-hydrogen) atoms. The maximum absolute atomic E-state index is 12.5. The molecule has 1 saturated heterocycles. The highest BCUT2D eigenvalue weighted by Gasteiger charge is 2.34. The second-order valence-electron chi connectivity index (χ2n) is 7.31. The highest BCUT2D eigenvalue weighted by molar-refractivity contribution is 5.79. The summed E-state index contributed by atoms with van der Waals surface area (Å²) in [6.45, 7) is 1.17. The Morgan fingerprint density at radius 2 is 2.00 bits per heavy atom. The number of carbonyl (C=O) groups is 1. The van der Waals surface area contributed by atoms with Crippen molar-refractivity contribution in [2.75, 3.05) is 13.7 Å². The maximum atomic E-state index is 12.5. The number of benzene rings is 1. The van der Waals surface area contributed by atoms with Crippen LogP contribution in [0.2, 0.25) is 0 Å². The van der Waals surface area contributed by atoms with Crippen LogP contribution in [0.4, 0.5) is 0 Å². The molecule has 0 spiro atoms. The number of hydrogen-bond acceptors (Lipinski definition) is 5. The van der Waals surface area contributed by atoms with Crippen LogP contribution in [0.3, 0.4) is 0 Å². The fourth-order valence-corrected chi connectivity index (χ4v) is 4.07. The molecule has 1 amide bonds. The van der Waals surface area contributed by atoms with Crippen LogP contribution in [-0.2, 0) is 11.3 Å². The third-order valence-corrected chi connectivity index (χ3v) is 5.55. The van der Waals surface area contributed by atoms with Gasteiger partial charge in [0.15, 0.2) is 5.82 Å². The summed E-state index contributed by atoms with van der Waals surface area (Å²) in [6.07, 6.45) is 6.47. The van der Waals surface area contributed by atoms with Gasteiger partial charge in [-0.3, -0.25) is 4.79 Å². The van der Waals surface area contributed by atoms with Gasteiger partial charge in [0, 0.05) is 36.9 Å². The van der Waals surface area contributed by atoms with Crippen molar-refractivity contribution in [3.63, 3.8) is 0 Å². The molecule has 1 atom stereocenters. The summed E-state index contributed by atoms with van der Waals surface area (Å²) in [5, 5.41) is 4.19. The highest BCUT2D eigenvalue weighted by Crippen LogP contribution is 2.34. The molecule has 6 nitrogen and oxygen atoms in total. The van der Waals surface area contributed by atoms with Crippen LogP contribution in [0, 0.1) is 0 Å². The molecule has 0 bridgehead atoms. The van der Waals surface area contributed by atoms with E-state index in [1.165, 1.54) is 19.3 Å². The lowest BCUT2D eigenvalue weighted by Gasteiger charge is -2.18. The lowest BCUT2D eigenvalue weighted by atomic mass is 9.89. The fourth-order valence-electron chi connectivity index (χ4n) is 4.07. The fraction of sp³-hybridized carbons (Fsp3) is 0.550. The first kappa shape index (κ1) is 17.1. The van der Waals surface area contributed by atoms with E-state index in [9.17, 15) is 4.79 Å². The Bertz CT molecular complexity index is 767.